The van der Waals surface area contributed by atoms with Gasteiger partial charge in [-0.3, -0.25) is 4.98 Å². The molecular formula is C15H22N2O2. The number of pyridine rings is 1. The zero-order valence-corrected chi connectivity index (χ0v) is 12.2. The summed E-state index contributed by atoms with van der Waals surface area (Å²) in [4.78, 5) is 18.2. The monoisotopic (exact) mass is 262 g/mol. The van der Waals surface area contributed by atoms with E-state index < -0.39 is 5.60 Å². The molecule has 0 atom stereocenters. The number of aromatic nitrogens is 1. The number of amides is 1. The molecule has 0 unspecified atom stereocenters. The van der Waals surface area contributed by atoms with Gasteiger partial charge in [0.05, 0.1) is 12.2 Å². The van der Waals surface area contributed by atoms with Crippen LogP contribution >= 0.6 is 0 Å². The lowest BCUT2D eigenvalue weighted by molar-refractivity contribution is 0.0221. The van der Waals surface area contributed by atoms with Crippen LogP contribution in [0.15, 0.2) is 12.3 Å². The van der Waals surface area contributed by atoms with E-state index in [1.807, 2.05) is 27.0 Å². The van der Waals surface area contributed by atoms with E-state index in [1.165, 1.54) is 11.1 Å². The highest BCUT2D eigenvalue weighted by Crippen LogP contribution is 2.20. The van der Waals surface area contributed by atoms with Gasteiger partial charge in [0.25, 0.3) is 0 Å². The van der Waals surface area contributed by atoms with E-state index in [0.29, 0.717) is 13.1 Å². The average Bonchev–Trinajstić information content (AvgIpc) is 2.35. The maximum absolute atomic E-state index is 12.0. The summed E-state index contributed by atoms with van der Waals surface area (Å²) in [6, 6.07) is 2.20. The van der Waals surface area contributed by atoms with Crippen LogP contribution in [0.5, 0.6) is 0 Å². The summed E-state index contributed by atoms with van der Waals surface area (Å²) in [5, 5.41) is 0. The predicted octanol–water partition coefficient (Wildman–Crippen LogP) is 2.94. The Labute approximate surface area is 114 Å². The summed E-state index contributed by atoms with van der Waals surface area (Å²) in [6.07, 6.45) is 3.50. The molecule has 1 aliphatic heterocycles. The normalized spacial score (nSPS) is 15.1. The maximum Gasteiger partial charge on any atom is 0.410 e. The highest BCUT2D eigenvalue weighted by atomic mass is 16.6. The first-order chi connectivity index (χ1) is 8.89. The second-order valence-corrected chi connectivity index (χ2v) is 5.95. The zero-order valence-electron chi connectivity index (χ0n) is 12.2. The highest BCUT2D eigenvalue weighted by Gasteiger charge is 2.26. The van der Waals surface area contributed by atoms with Gasteiger partial charge in [-0.05, 0) is 44.7 Å². The molecule has 1 aliphatic rings. The van der Waals surface area contributed by atoms with Gasteiger partial charge in [-0.25, -0.2) is 4.79 Å². The smallest absolute Gasteiger partial charge is 0.410 e. The molecule has 2 rings (SSSR count). The van der Waals surface area contributed by atoms with Crippen molar-refractivity contribution in [3.05, 3.63) is 29.1 Å². The van der Waals surface area contributed by atoms with Crippen LogP contribution < -0.4 is 0 Å². The van der Waals surface area contributed by atoms with Crippen LogP contribution in [0.4, 0.5) is 4.79 Å². The van der Waals surface area contributed by atoms with Crippen molar-refractivity contribution in [2.45, 2.75) is 52.7 Å². The fourth-order valence-electron chi connectivity index (χ4n) is 2.14. The van der Waals surface area contributed by atoms with Crippen LogP contribution in [0, 0.1) is 0 Å². The molecule has 0 saturated carbocycles. The molecule has 0 aromatic carbocycles. The Morgan fingerprint density at radius 1 is 1.47 bits per heavy atom. The van der Waals surface area contributed by atoms with E-state index >= 15 is 0 Å². The third kappa shape index (κ3) is 3.46. The largest absolute Gasteiger partial charge is 0.444 e. The van der Waals surface area contributed by atoms with Crippen LogP contribution in [-0.4, -0.2) is 28.1 Å². The van der Waals surface area contributed by atoms with Crippen molar-refractivity contribution in [3.8, 4) is 0 Å². The van der Waals surface area contributed by atoms with Crippen molar-refractivity contribution in [1.82, 2.24) is 9.88 Å². The van der Waals surface area contributed by atoms with E-state index in [1.54, 1.807) is 4.90 Å². The van der Waals surface area contributed by atoms with E-state index in [0.717, 1.165) is 18.5 Å². The zero-order chi connectivity index (χ0) is 14.0. The van der Waals surface area contributed by atoms with E-state index in [2.05, 4.69) is 18.0 Å². The fourth-order valence-corrected chi connectivity index (χ4v) is 2.14. The highest BCUT2D eigenvalue weighted by molar-refractivity contribution is 5.68. The van der Waals surface area contributed by atoms with Crippen LogP contribution in [0.2, 0.25) is 0 Å². The molecule has 2 heterocycles. The fraction of sp³-hybridized carbons (Fsp3) is 0.600. The minimum Gasteiger partial charge on any atom is -0.444 e. The number of carbonyl (C=O) groups is 1. The quantitative estimate of drug-likeness (QED) is 0.781. The van der Waals surface area contributed by atoms with E-state index in [-0.39, 0.29) is 6.09 Å². The summed E-state index contributed by atoms with van der Waals surface area (Å²) < 4.78 is 5.40. The van der Waals surface area contributed by atoms with Crippen LogP contribution in [0.3, 0.4) is 0 Å². The van der Waals surface area contributed by atoms with E-state index in [4.69, 9.17) is 4.74 Å². The van der Waals surface area contributed by atoms with Gasteiger partial charge >= 0.3 is 6.09 Å². The topological polar surface area (TPSA) is 42.4 Å². The molecule has 0 bridgehead atoms. The van der Waals surface area contributed by atoms with Crippen LogP contribution in [-0.2, 0) is 24.1 Å². The molecule has 104 valence electrons. The third-order valence-corrected chi connectivity index (χ3v) is 3.17. The molecule has 1 amide bonds. The molecule has 4 heteroatoms. The average molecular weight is 262 g/mol. The SMILES string of the molecule is CCc1cnc2c(c1)CCN(C(=O)OC(C)(C)C)C2. The van der Waals surface area contributed by atoms with Crippen molar-refractivity contribution in [3.63, 3.8) is 0 Å². The molecule has 0 fully saturated rings. The Morgan fingerprint density at radius 2 is 2.21 bits per heavy atom. The van der Waals surface area contributed by atoms with Gasteiger partial charge in [0.15, 0.2) is 0 Å². The molecule has 0 saturated heterocycles. The van der Waals surface area contributed by atoms with Gasteiger partial charge < -0.3 is 9.64 Å². The molecule has 0 spiro atoms. The van der Waals surface area contributed by atoms with Gasteiger partial charge in [-0.2, -0.15) is 0 Å². The number of ether oxygens (including phenoxy) is 1. The number of carbonyl (C=O) groups excluding carboxylic acids is 1. The second kappa shape index (κ2) is 5.19. The molecule has 0 aliphatic carbocycles. The Kier molecular flexibility index (Phi) is 3.78. The summed E-state index contributed by atoms with van der Waals surface area (Å²) >= 11 is 0. The minimum absolute atomic E-state index is 0.250. The number of hydrogen-bond acceptors (Lipinski definition) is 3. The van der Waals surface area contributed by atoms with Gasteiger partial charge in [0.1, 0.15) is 5.60 Å². The van der Waals surface area contributed by atoms with Gasteiger partial charge in [0, 0.05) is 12.7 Å². The number of nitrogens with zero attached hydrogens (tertiary/aromatic N) is 2. The number of aryl methyl sites for hydroxylation is 1. The lowest BCUT2D eigenvalue weighted by Crippen LogP contribution is -2.40. The number of hydrogen-bond donors (Lipinski definition) is 0. The second-order valence-electron chi connectivity index (χ2n) is 5.95. The van der Waals surface area contributed by atoms with Crippen molar-refractivity contribution >= 4 is 6.09 Å². The summed E-state index contributed by atoms with van der Waals surface area (Å²) in [7, 11) is 0. The lowest BCUT2D eigenvalue weighted by atomic mass is 10.0. The molecule has 4 nitrogen and oxygen atoms in total. The Morgan fingerprint density at radius 3 is 2.84 bits per heavy atom. The number of rotatable bonds is 1. The van der Waals surface area contributed by atoms with Crippen molar-refractivity contribution < 1.29 is 9.53 Å². The molecule has 0 N–H and O–H groups in total. The molecule has 19 heavy (non-hydrogen) atoms. The Bertz CT molecular complexity index is 478. The van der Waals surface area contributed by atoms with Crippen LogP contribution in [0.1, 0.15) is 44.5 Å². The standard InChI is InChI=1S/C15H22N2O2/c1-5-11-8-12-6-7-17(10-13(12)16-9-11)14(18)19-15(2,3)4/h8-9H,5-7,10H2,1-4H3. The van der Waals surface area contributed by atoms with E-state index in [9.17, 15) is 4.79 Å². The molecular weight excluding hydrogens is 240 g/mol. The van der Waals surface area contributed by atoms with Crippen LogP contribution in [0.25, 0.3) is 0 Å². The van der Waals surface area contributed by atoms with Gasteiger partial charge in [-0.1, -0.05) is 13.0 Å². The molecule has 1 aromatic rings. The number of fused-ring (bicyclic) bond motifs is 1. The maximum atomic E-state index is 12.0. The summed E-state index contributed by atoms with van der Waals surface area (Å²) in [5.74, 6) is 0. The first-order valence-corrected chi connectivity index (χ1v) is 6.83. The van der Waals surface area contributed by atoms with Crippen molar-refractivity contribution in [1.29, 1.82) is 0 Å². The van der Waals surface area contributed by atoms with Gasteiger partial charge in [0.2, 0.25) is 0 Å². The van der Waals surface area contributed by atoms with Crippen molar-refractivity contribution in [2.75, 3.05) is 6.54 Å². The minimum atomic E-state index is -0.448. The van der Waals surface area contributed by atoms with Crippen molar-refractivity contribution in [2.24, 2.45) is 0 Å². The lowest BCUT2D eigenvalue weighted by Gasteiger charge is -2.30. The molecule has 0 radical (unpaired) electrons. The molecule has 1 aromatic heterocycles. The Balaban J connectivity index is 2.08. The summed E-state index contributed by atoms with van der Waals surface area (Å²) in [6.45, 7) is 9.03. The Hall–Kier alpha value is -1.58. The summed E-state index contributed by atoms with van der Waals surface area (Å²) in [5.41, 5.74) is 3.06. The first kappa shape index (κ1) is 13.8. The predicted molar refractivity (Wildman–Crippen MR) is 74.0 cm³/mol. The third-order valence-electron chi connectivity index (χ3n) is 3.17. The first-order valence-electron chi connectivity index (χ1n) is 6.83. The van der Waals surface area contributed by atoms with Gasteiger partial charge in [-0.15, -0.1) is 0 Å².